The first-order chi connectivity index (χ1) is 18.4. The Morgan fingerprint density at radius 3 is 2.79 bits per heavy atom. The standard InChI is InChI=1S/C26H25N7O4S/c1-17(2)37-22(19-15-32-13-5-4-11-23(32)28-19)16-38(35)31-26-30-29-25(18-8-7-12-27-14-18)33(26)24-20(34)9-6-10-21(24)36-3/h4-6,9-15,17,22,34H,16H2,1-3H3,(H,30,31). The third-order valence-electron chi connectivity index (χ3n) is 5.53. The van der Waals surface area contributed by atoms with E-state index in [0.717, 1.165) is 5.65 Å². The van der Waals surface area contributed by atoms with Crippen LogP contribution in [-0.2, 0) is 16.1 Å². The highest BCUT2D eigenvalue weighted by Gasteiger charge is 2.28. The van der Waals surface area contributed by atoms with Gasteiger partial charge in [-0.25, -0.2) is 4.98 Å². The van der Waals surface area contributed by atoms with Gasteiger partial charge in [-0.3, -0.25) is 9.56 Å². The Balaban J connectivity index is 1.50. The second-order valence-corrected chi connectivity index (χ2v) is 9.75. The van der Waals surface area contributed by atoms with Crippen molar-refractivity contribution in [2.24, 2.45) is 4.99 Å². The largest absolute Gasteiger partial charge is 0.593 e. The number of hydrogen-bond donors (Lipinski definition) is 2. The first-order valence-electron chi connectivity index (χ1n) is 11.7. The van der Waals surface area contributed by atoms with Crippen molar-refractivity contribution in [3.05, 3.63) is 78.0 Å². The van der Waals surface area contributed by atoms with Gasteiger partial charge < -0.3 is 23.5 Å². The van der Waals surface area contributed by atoms with E-state index < -0.39 is 17.5 Å². The minimum Gasteiger partial charge on any atom is -0.593 e. The van der Waals surface area contributed by atoms with E-state index in [-0.39, 0.29) is 29.2 Å². The zero-order chi connectivity index (χ0) is 26.6. The molecule has 0 aliphatic carbocycles. The van der Waals surface area contributed by atoms with Crippen LogP contribution in [0.4, 0.5) is 5.95 Å². The van der Waals surface area contributed by atoms with Crippen LogP contribution in [-0.4, -0.2) is 59.0 Å². The van der Waals surface area contributed by atoms with Gasteiger partial charge in [0.15, 0.2) is 11.6 Å². The van der Waals surface area contributed by atoms with E-state index in [4.69, 9.17) is 9.47 Å². The van der Waals surface area contributed by atoms with E-state index in [9.17, 15) is 9.66 Å². The lowest BCUT2D eigenvalue weighted by Gasteiger charge is -2.21. The maximum atomic E-state index is 13.4. The van der Waals surface area contributed by atoms with E-state index in [1.165, 1.54) is 23.9 Å². The second kappa shape index (κ2) is 11.0. The highest BCUT2D eigenvalue weighted by Crippen LogP contribution is 2.36. The normalized spacial score (nSPS) is 14.2. The number of para-hydroxylation sites is 1. The molecule has 11 nitrogen and oxygen atoms in total. The number of fused-ring (bicyclic) bond motifs is 1. The summed E-state index contributed by atoms with van der Waals surface area (Å²) < 4.78 is 31.3. The Kier molecular flexibility index (Phi) is 7.32. The molecule has 0 saturated carbocycles. The lowest BCUT2D eigenvalue weighted by atomic mass is 10.2. The van der Waals surface area contributed by atoms with Crippen LogP contribution in [0.1, 0.15) is 31.5 Å². The number of ether oxygens (including phenoxy) is 2. The quantitative estimate of drug-likeness (QED) is 0.234. The van der Waals surface area contributed by atoms with E-state index >= 15 is 0 Å². The van der Waals surface area contributed by atoms with Crippen LogP contribution < -0.4 is 9.46 Å². The van der Waals surface area contributed by atoms with Crippen molar-refractivity contribution in [1.82, 2.24) is 24.1 Å². The molecule has 12 heteroatoms. The van der Waals surface area contributed by atoms with E-state index in [1.54, 1.807) is 18.3 Å². The molecular weight excluding hydrogens is 506 g/mol. The van der Waals surface area contributed by atoms with Crippen LogP contribution >= 0.6 is 0 Å². The highest BCUT2D eigenvalue weighted by atomic mass is 32.2. The molecule has 0 bridgehead atoms. The van der Waals surface area contributed by atoms with Gasteiger partial charge in [-0.2, -0.15) is 4.72 Å². The highest BCUT2D eigenvalue weighted by molar-refractivity contribution is 7.92. The maximum Gasteiger partial charge on any atom is 0.271 e. The van der Waals surface area contributed by atoms with Crippen molar-refractivity contribution in [2.45, 2.75) is 26.1 Å². The zero-order valence-corrected chi connectivity index (χ0v) is 21.7. The SMILES string of the molecule is COc1cccc(O)c1-n1c(N[S+]([O-])CC(OC(C)C)c2cn3ccccc3n2)nnc1C1=C=C=CN=C1. The van der Waals surface area contributed by atoms with Crippen LogP contribution in [0.5, 0.6) is 11.5 Å². The number of nitrogens with zero attached hydrogens (tertiary/aromatic N) is 6. The first kappa shape index (κ1) is 25.3. The molecule has 0 fully saturated rings. The molecule has 38 heavy (non-hydrogen) atoms. The summed E-state index contributed by atoms with van der Waals surface area (Å²) in [5, 5.41) is 19.2. The summed E-state index contributed by atoms with van der Waals surface area (Å²) in [5.74, 6) is 0.767. The molecule has 2 atom stereocenters. The average Bonchev–Trinajstić information content (AvgIpc) is 3.53. The molecule has 4 heterocycles. The van der Waals surface area contributed by atoms with Crippen molar-refractivity contribution in [1.29, 1.82) is 0 Å². The molecule has 2 N–H and O–H groups in total. The molecule has 0 saturated heterocycles. The molecule has 3 aromatic heterocycles. The van der Waals surface area contributed by atoms with Crippen molar-refractivity contribution < 1.29 is 19.1 Å². The van der Waals surface area contributed by atoms with Crippen molar-refractivity contribution >= 4 is 34.7 Å². The smallest absolute Gasteiger partial charge is 0.271 e. The molecule has 0 spiro atoms. The van der Waals surface area contributed by atoms with Gasteiger partial charge in [-0.15, -0.1) is 10.2 Å². The van der Waals surface area contributed by atoms with Gasteiger partial charge in [0.05, 0.1) is 42.0 Å². The van der Waals surface area contributed by atoms with Gasteiger partial charge in [-0.05, 0) is 43.8 Å². The van der Waals surface area contributed by atoms with Crippen LogP contribution in [0.25, 0.3) is 16.9 Å². The monoisotopic (exact) mass is 531 g/mol. The van der Waals surface area contributed by atoms with E-state index in [0.29, 0.717) is 22.8 Å². The third-order valence-corrected chi connectivity index (χ3v) is 6.55. The fourth-order valence-electron chi connectivity index (χ4n) is 3.96. The topological polar surface area (TPSA) is 134 Å². The van der Waals surface area contributed by atoms with Crippen LogP contribution in [0, 0.1) is 0 Å². The number of aromatic hydroxyl groups is 1. The summed E-state index contributed by atoms with van der Waals surface area (Å²) in [6, 6.07) is 10.6. The van der Waals surface area contributed by atoms with E-state index in [2.05, 4.69) is 36.4 Å². The Labute approximate surface area is 221 Å². The minimum absolute atomic E-state index is 0.0783. The summed E-state index contributed by atoms with van der Waals surface area (Å²) in [6.45, 7) is 3.82. The number of imidazole rings is 1. The number of anilines is 1. The number of phenols is 1. The number of nitrogens with one attached hydrogen (secondary N) is 1. The molecule has 0 radical (unpaired) electrons. The van der Waals surface area contributed by atoms with Crippen molar-refractivity contribution in [3.63, 3.8) is 0 Å². The molecular formula is C26H25N7O4S. The summed E-state index contributed by atoms with van der Waals surface area (Å²) >= 11 is -1.69. The maximum absolute atomic E-state index is 13.4. The molecule has 5 rings (SSSR count). The number of hydrogen-bond acceptors (Lipinski definition) is 9. The Bertz CT molecular complexity index is 1560. The number of pyridine rings is 1. The number of aromatic nitrogens is 5. The van der Waals surface area contributed by atoms with E-state index in [1.807, 2.05) is 48.8 Å². The fourth-order valence-corrected chi connectivity index (χ4v) is 4.90. The number of benzene rings is 1. The van der Waals surface area contributed by atoms with Crippen molar-refractivity contribution in [3.8, 4) is 17.2 Å². The Morgan fingerprint density at radius 1 is 1.18 bits per heavy atom. The molecule has 4 aromatic rings. The predicted octanol–water partition coefficient (Wildman–Crippen LogP) is 3.61. The van der Waals surface area contributed by atoms with Gasteiger partial charge >= 0.3 is 0 Å². The number of aliphatic imine (C=N–C) groups is 1. The molecule has 0 amide bonds. The number of methoxy groups -OCH3 is 1. The van der Waals surface area contributed by atoms with Gasteiger partial charge in [0.2, 0.25) is 0 Å². The Morgan fingerprint density at radius 2 is 2.05 bits per heavy atom. The summed E-state index contributed by atoms with van der Waals surface area (Å²) in [6.07, 6.45) is 6.08. The minimum atomic E-state index is -1.69. The number of rotatable bonds is 10. The van der Waals surface area contributed by atoms with Crippen LogP contribution in [0.2, 0.25) is 0 Å². The summed E-state index contributed by atoms with van der Waals surface area (Å²) in [7, 11) is 1.49. The zero-order valence-electron chi connectivity index (χ0n) is 20.9. The fraction of sp³-hybridized carbons (Fsp3) is 0.231. The number of phenolic OH excluding ortho intramolecular Hbond substituents is 1. The first-order valence-corrected chi connectivity index (χ1v) is 13.1. The Hall–Kier alpha value is -4.31. The van der Waals surface area contributed by atoms with Crippen LogP contribution in [0.3, 0.4) is 0 Å². The second-order valence-electron chi connectivity index (χ2n) is 8.52. The van der Waals surface area contributed by atoms with Gasteiger partial charge in [0.1, 0.15) is 28.9 Å². The number of allylic oxidation sites excluding steroid dienone is 1. The van der Waals surface area contributed by atoms with Gasteiger partial charge in [0, 0.05) is 18.6 Å². The van der Waals surface area contributed by atoms with Crippen molar-refractivity contribution in [2.75, 3.05) is 17.6 Å². The van der Waals surface area contributed by atoms with Gasteiger partial charge in [0.25, 0.3) is 5.95 Å². The molecule has 1 aromatic carbocycles. The molecule has 2 unspecified atom stereocenters. The summed E-state index contributed by atoms with van der Waals surface area (Å²) in [4.78, 5) is 8.73. The average molecular weight is 532 g/mol. The lowest BCUT2D eigenvalue weighted by Crippen LogP contribution is -2.26. The third kappa shape index (κ3) is 5.21. The summed E-state index contributed by atoms with van der Waals surface area (Å²) in [5.41, 5.74) is 7.88. The lowest BCUT2D eigenvalue weighted by molar-refractivity contribution is 0.0177. The molecule has 1 aliphatic heterocycles. The van der Waals surface area contributed by atoms with Gasteiger partial charge in [-0.1, -0.05) is 17.9 Å². The van der Waals surface area contributed by atoms with Crippen LogP contribution in [0.15, 0.2) is 71.4 Å². The predicted molar refractivity (Wildman–Crippen MR) is 144 cm³/mol. The molecule has 194 valence electrons. The molecule has 1 aliphatic rings.